The summed E-state index contributed by atoms with van der Waals surface area (Å²) in [6, 6.07) is 1.51. The first kappa shape index (κ1) is 9.73. The van der Waals surface area contributed by atoms with Gasteiger partial charge >= 0.3 is 0 Å². The molecule has 0 unspecified atom stereocenters. The third-order valence-corrected chi connectivity index (χ3v) is 1.26. The van der Waals surface area contributed by atoms with Gasteiger partial charge in [0.25, 0.3) is 5.91 Å². The molecule has 2 N–H and O–H groups in total. The Hall–Kier alpha value is -2.36. The van der Waals surface area contributed by atoms with Crippen LogP contribution in [-0.4, -0.2) is 21.2 Å². The smallest absolute Gasteiger partial charge is 0.281 e. The van der Waals surface area contributed by atoms with Crippen LogP contribution in [-0.2, 0) is 16.4 Å². The Balaban J connectivity index is 2.47. The molecule has 1 aromatic rings. The van der Waals surface area contributed by atoms with Gasteiger partial charge in [-0.25, -0.2) is 4.98 Å². The van der Waals surface area contributed by atoms with Gasteiger partial charge in [-0.2, -0.15) is 5.26 Å². The average molecular weight is 193 g/mol. The van der Waals surface area contributed by atoms with E-state index in [1.807, 2.05) is 0 Å². The maximum Gasteiger partial charge on any atom is 0.281 e. The number of nitrogens with zero attached hydrogens (tertiary/aromatic N) is 4. The fraction of sp³-hybridized carbons (Fsp3) is 0.143. The fourth-order valence-electron chi connectivity index (χ4n) is 0.644. The van der Waals surface area contributed by atoms with Crippen molar-refractivity contribution in [2.45, 2.75) is 6.73 Å². The summed E-state index contributed by atoms with van der Waals surface area (Å²) in [7, 11) is 0. The minimum Gasteiger partial charge on any atom is -0.372 e. The van der Waals surface area contributed by atoms with Crippen molar-refractivity contribution in [2.24, 2.45) is 10.9 Å². The normalized spacial score (nSPS) is 10.6. The lowest BCUT2D eigenvalue weighted by molar-refractivity contribution is -0.112. The van der Waals surface area contributed by atoms with Gasteiger partial charge in [0.1, 0.15) is 6.07 Å². The van der Waals surface area contributed by atoms with Crippen molar-refractivity contribution in [3.63, 3.8) is 0 Å². The van der Waals surface area contributed by atoms with E-state index in [9.17, 15) is 4.79 Å². The summed E-state index contributed by atoms with van der Waals surface area (Å²) in [5.41, 5.74) is 4.35. The van der Waals surface area contributed by atoms with Gasteiger partial charge in [-0.1, -0.05) is 5.16 Å². The van der Waals surface area contributed by atoms with Crippen LogP contribution in [0.5, 0.6) is 0 Å². The number of rotatable bonds is 4. The zero-order valence-electron chi connectivity index (χ0n) is 7.12. The summed E-state index contributed by atoms with van der Waals surface area (Å²) in [4.78, 5) is 18.9. The second-order valence-corrected chi connectivity index (χ2v) is 2.25. The van der Waals surface area contributed by atoms with Crippen LogP contribution in [0.3, 0.4) is 0 Å². The van der Waals surface area contributed by atoms with Gasteiger partial charge in [-0.15, -0.1) is 0 Å². The SMILES string of the molecule is N#CC(=NOCn1ccnc1)C(N)=O. The van der Waals surface area contributed by atoms with Gasteiger partial charge in [0.05, 0.1) is 6.33 Å². The third kappa shape index (κ3) is 2.60. The molecule has 7 nitrogen and oxygen atoms in total. The Morgan fingerprint density at radius 2 is 2.57 bits per heavy atom. The molecule has 1 rings (SSSR count). The van der Waals surface area contributed by atoms with Crippen molar-refractivity contribution >= 4 is 11.6 Å². The molecule has 1 aromatic heterocycles. The Morgan fingerprint density at radius 3 is 3.07 bits per heavy atom. The number of carbonyl (C=O) groups is 1. The van der Waals surface area contributed by atoms with Crippen LogP contribution in [0.4, 0.5) is 0 Å². The summed E-state index contributed by atoms with van der Waals surface area (Å²) >= 11 is 0. The molecule has 0 aliphatic rings. The monoisotopic (exact) mass is 193 g/mol. The second kappa shape index (κ2) is 4.61. The first-order valence-electron chi connectivity index (χ1n) is 3.59. The number of hydrogen-bond acceptors (Lipinski definition) is 5. The van der Waals surface area contributed by atoms with E-state index >= 15 is 0 Å². The molecule has 1 amide bonds. The highest BCUT2D eigenvalue weighted by Gasteiger charge is 2.05. The van der Waals surface area contributed by atoms with Crippen molar-refractivity contribution in [1.82, 2.24) is 9.55 Å². The topological polar surface area (TPSA) is 106 Å². The van der Waals surface area contributed by atoms with Crippen LogP contribution < -0.4 is 5.73 Å². The lowest BCUT2D eigenvalue weighted by Gasteiger charge is -1.98. The Kier molecular flexibility index (Phi) is 3.20. The molecule has 0 aliphatic carbocycles. The molecule has 72 valence electrons. The number of primary amides is 1. The van der Waals surface area contributed by atoms with Crippen molar-refractivity contribution in [3.05, 3.63) is 18.7 Å². The summed E-state index contributed by atoms with van der Waals surface area (Å²) in [5, 5.41) is 11.6. The lowest BCUT2D eigenvalue weighted by Crippen LogP contribution is -2.22. The largest absolute Gasteiger partial charge is 0.372 e. The van der Waals surface area contributed by atoms with E-state index in [1.54, 1.807) is 17.0 Å². The Bertz CT molecular complexity index is 375. The van der Waals surface area contributed by atoms with Crippen LogP contribution >= 0.6 is 0 Å². The standard InChI is InChI=1S/C7H7N5O2/c8-3-6(7(9)13)11-14-5-12-2-1-10-4-12/h1-2,4H,5H2,(H2,9,13). The van der Waals surface area contributed by atoms with E-state index in [-0.39, 0.29) is 6.73 Å². The summed E-state index contributed by atoms with van der Waals surface area (Å²) in [5.74, 6) is -0.918. The molecule has 0 saturated carbocycles. The molecule has 7 heteroatoms. The van der Waals surface area contributed by atoms with Crippen molar-refractivity contribution in [3.8, 4) is 6.07 Å². The molecule has 0 radical (unpaired) electrons. The first-order chi connectivity index (χ1) is 6.74. The average Bonchev–Trinajstić information content (AvgIpc) is 2.64. The zero-order valence-corrected chi connectivity index (χ0v) is 7.12. The van der Waals surface area contributed by atoms with E-state index in [1.165, 1.54) is 12.4 Å². The molecule has 14 heavy (non-hydrogen) atoms. The summed E-state index contributed by atoms with van der Waals surface area (Å²) in [6.45, 7) is 0.0679. The predicted octanol–water partition coefficient (Wildman–Crippen LogP) is -0.778. The number of oxime groups is 1. The van der Waals surface area contributed by atoms with Gasteiger partial charge < -0.3 is 15.1 Å². The van der Waals surface area contributed by atoms with Crippen molar-refractivity contribution in [2.75, 3.05) is 0 Å². The molecule has 1 heterocycles. The molecule has 0 aromatic carbocycles. The lowest BCUT2D eigenvalue weighted by atomic mass is 10.4. The molecule has 0 saturated heterocycles. The van der Waals surface area contributed by atoms with E-state index in [0.717, 1.165) is 0 Å². The van der Waals surface area contributed by atoms with Gasteiger partial charge in [-0.3, -0.25) is 4.79 Å². The third-order valence-electron chi connectivity index (χ3n) is 1.26. The van der Waals surface area contributed by atoms with Gasteiger partial charge in [-0.05, 0) is 0 Å². The number of amides is 1. The van der Waals surface area contributed by atoms with Crippen LogP contribution in [0.1, 0.15) is 0 Å². The Morgan fingerprint density at radius 1 is 1.79 bits per heavy atom. The van der Waals surface area contributed by atoms with Crippen LogP contribution in [0, 0.1) is 11.3 Å². The number of imidazole rings is 1. The molecular weight excluding hydrogens is 186 g/mol. The van der Waals surface area contributed by atoms with Gasteiger partial charge in [0, 0.05) is 12.4 Å². The van der Waals surface area contributed by atoms with Gasteiger partial charge in [0.2, 0.25) is 5.71 Å². The first-order valence-corrected chi connectivity index (χ1v) is 3.59. The molecule has 0 fully saturated rings. The van der Waals surface area contributed by atoms with E-state index in [4.69, 9.17) is 11.0 Å². The van der Waals surface area contributed by atoms with E-state index in [2.05, 4.69) is 15.0 Å². The van der Waals surface area contributed by atoms with Crippen LogP contribution in [0.2, 0.25) is 0 Å². The number of carbonyl (C=O) groups excluding carboxylic acids is 1. The maximum atomic E-state index is 10.5. The maximum absolute atomic E-state index is 10.5. The zero-order chi connectivity index (χ0) is 10.4. The highest BCUT2D eigenvalue weighted by atomic mass is 16.6. The fourth-order valence-corrected chi connectivity index (χ4v) is 0.644. The number of nitrogens with two attached hydrogens (primary N) is 1. The minimum absolute atomic E-state index is 0.0679. The summed E-state index contributed by atoms with van der Waals surface area (Å²) < 4.78 is 1.57. The highest BCUT2D eigenvalue weighted by molar-refractivity contribution is 6.44. The minimum atomic E-state index is -0.918. The van der Waals surface area contributed by atoms with Crippen LogP contribution in [0.25, 0.3) is 0 Å². The Labute approximate surface area is 79.4 Å². The predicted molar refractivity (Wildman–Crippen MR) is 45.6 cm³/mol. The molecule has 0 atom stereocenters. The molecule has 0 aliphatic heterocycles. The highest BCUT2D eigenvalue weighted by Crippen LogP contribution is 1.88. The molecular formula is C7H7N5O2. The number of hydrogen-bond donors (Lipinski definition) is 1. The van der Waals surface area contributed by atoms with E-state index in [0.29, 0.717) is 0 Å². The second-order valence-electron chi connectivity index (χ2n) is 2.25. The molecule has 0 spiro atoms. The molecule has 0 bridgehead atoms. The number of nitriles is 1. The van der Waals surface area contributed by atoms with Gasteiger partial charge in [0.15, 0.2) is 6.73 Å². The van der Waals surface area contributed by atoms with Crippen LogP contribution in [0.15, 0.2) is 23.9 Å². The van der Waals surface area contributed by atoms with Crippen molar-refractivity contribution in [1.29, 1.82) is 5.26 Å². The quantitative estimate of drug-likeness (QED) is 0.500. The van der Waals surface area contributed by atoms with E-state index < -0.39 is 11.6 Å². The summed E-state index contributed by atoms with van der Waals surface area (Å²) in [6.07, 6.45) is 4.71. The number of aromatic nitrogens is 2. The van der Waals surface area contributed by atoms with Crippen molar-refractivity contribution < 1.29 is 9.63 Å².